The van der Waals surface area contributed by atoms with Gasteiger partial charge in [-0.1, -0.05) is 0 Å². The van der Waals surface area contributed by atoms with Crippen LogP contribution in [0, 0.1) is 5.92 Å². The molecule has 58 valence electrons. The van der Waals surface area contributed by atoms with Crippen molar-refractivity contribution in [3.63, 3.8) is 0 Å². The number of hydrogen-bond donors (Lipinski definition) is 2. The molecule has 1 aliphatic heterocycles. The monoisotopic (exact) mass is 144 g/mol. The number of ether oxygens (including phenoxy) is 1. The lowest BCUT2D eigenvalue weighted by atomic mass is 10.1. The molecule has 0 bridgehead atoms. The van der Waals surface area contributed by atoms with Crippen molar-refractivity contribution in [2.24, 2.45) is 11.7 Å². The molecular weight excluding hydrogens is 132 g/mol. The molecule has 1 atom stereocenters. The average molecular weight is 144 g/mol. The zero-order valence-electron chi connectivity index (χ0n) is 5.80. The molecule has 10 heavy (non-hydrogen) atoms. The van der Waals surface area contributed by atoms with Gasteiger partial charge in [-0.2, -0.15) is 0 Å². The summed E-state index contributed by atoms with van der Waals surface area (Å²) in [5.41, 5.74) is 5.08. The molecule has 1 fully saturated rings. The largest absolute Gasteiger partial charge is 0.379 e. The second-order valence-electron chi connectivity index (χ2n) is 2.38. The van der Waals surface area contributed by atoms with Gasteiger partial charge in [-0.25, -0.2) is 0 Å². The van der Waals surface area contributed by atoms with Gasteiger partial charge < -0.3 is 15.8 Å². The Morgan fingerprint density at radius 2 is 2.50 bits per heavy atom. The maximum absolute atomic E-state index is 10.6. The summed E-state index contributed by atoms with van der Waals surface area (Å²) in [6, 6.07) is 0. The quantitative estimate of drug-likeness (QED) is 0.481. The molecule has 0 aromatic heterocycles. The van der Waals surface area contributed by atoms with Gasteiger partial charge in [0.15, 0.2) is 0 Å². The number of nitrogens with two attached hydrogens (primary N) is 1. The van der Waals surface area contributed by atoms with Gasteiger partial charge in [-0.3, -0.25) is 4.79 Å². The Morgan fingerprint density at radius 1 is 1.70 bits per heavy atom. The van der Waals surface area contributed by atoms with Crippen LogP contribution in [0.5, 0.6) is 0 Å². The molecule has 0 spiro atoms. The lowest BCUT2D eigenvalue weighted by Crippen LogP contribution is -2.33. The summed E-state index contributed by atoms with van der Waals surface area (Å²) in [7, 11) is 0. The van der Waals surface area contributed by atoms with E-state index in [0.717, 1.165) is 6.54 Å². The van der Waals surface area contributed by atoms with Crippen molar-refractivity contribution in [1.82, 2.24) is 5.32 Å². The Bertz CT molecular complexity index is 119. The molecule has 1 rings (SSSR count). The number of carbonyl (C=O) groups excluding carboxylic acids is 1. The Kier molecular flexibility index (Phi) is 2.65. The van der Waals surface area contributed by atoms with E-state index in [-0.39, 0.29) is 11.8 Å². The zero-order chi connectivity index (χ0) is 7.40. The number of amides is 1. The van der Waals surface area contributed by atoms with Crippen molar-refractivity contribution < 1.29 is 9.53 Å². The minimum absolute atomic E-state index is 0.150. The van der Waals surface area contributed by atoms with Crippen molar-refractivity contribution in [3.8, 4) is 0 Å². The number of rotatable bonds is 1. The summed E-state index contributed by atoms with van der Waals surface area (Å²) < 4.78 is 5.11. The molecule has 3 N–H and O–H groups in total. The van der Waals surface area contributed by atoms with Crippen molar-refractivity contribution in [3.05, 3.63) is 0 Å². The van der Waals surface area contributed by atoms with Crippen LogP contribution in [0.2, 0.25) is 0 Å². The Balaban J connectivity index is 2.35. The predicted octanol–water partition coefficient (Wildman–Crippen LogP) is -1.29. The predicted molar refractivity (Wildman–Crippen MR) is 36.4 cm³/mol. The molecule has 1 aliphatic rings. The van der Waals surface area contributed by atoms with Crippen LogP contribution in [0.15, 0.2) is 0 Å². The van der Waals surface area contributed by atoms with Gasteiger partial charge in [-0.05, 0) is 0 Å². The smallest absolute Gasteiger partial charge is 0.224 e. The number of hydrogen-bond acceptors (Lipinski definition) is 3. The van der Waals surface area contributed by atoms with Crippen LogP contribution < -0.4 is 11.1 Å². The summed E-state index contributed by atoms with van der Waals surface area (Å²) in [6.45, 7) is 2.59. The van der Waals surface area contributed by atoms with Gasteiger partial charge in [0.2, 0.25) is 5.91 Å². The van der Waals surface area contributed by atoms with Gasteiger partial charge in [0.25, 0.3) is 0 Å². The van der Waals surface area contributed by atoms with E-state index in [1.807, 2.05) is 0 Å². The maximum atomic E-state index is 10.6. The molecule has 0 unspecified atom stereocenters. The van der Waals surface area contributed by atoms with Gasteiger partial charge in [0.05, 0.1) is 19.1 Å². The van der Waals surface area contributed by atoms with E-state index >= 15 is 0 Å². The van der Waals surface area contributed by atoms with Crippen LogP contribution >= 0.6 is 0 Å². The molecule has 1 saturated heterocycles. The minimum Gasteiger partial charge on any atom is -0.379 e. The highest BCUT2D eigenvalue weighted by atomic mass is 16.5. The summed E-state index contributed by atoms with van der Waals surface area (Å²) in [5, 5.41) is 3.05. The molecule has 0 saturated carbocycles. The second kappa shape index (κ2) is 3.53. The van der Waals surface area contributed by atoms with E-state index in [2.05, 4.69) is 5.32 Å². The molecule has 0 radical (unpaired) electrons. The van der Waals surface area contributed by atoms with Crippen molar-refractivity contribution >= 4 is 5.91 Å². The highest BCUT2D eigenvalue weighted by Gasteiger charge is 2.16. The lowest BCUT2D eigenvalue weighted by molar-refractivity contribution is -0.123. The van der Waals surface area contributed by atoms with Gasteiger partial charge >= 0.3 is 0 Å². The van der Waals surface area contributed by atoms with Crippen molar-refractivity contribution in [2.45, 2.75) is 0 Å². The topological polar surface area (TPSA) is 64.4 Å². The molecule has 1 amide bonds. The summed E-state index contributed by atoms with van der Waals surface area (Å²) in [5.74, 6) is -0.433. The van der Waals surface area contributed by atoms with Gasteiger partial charge in [0, 0.05) is 13.1 Å². The number of primary amides is 1. The standard InChI is InChI=1S/C6H12N2O2/c7-6(9)5-3-8-1-2-10-4-5/h5,8H,1-4H2,(H2,7,9)/t5-/m0/s1. The fraction of sp³-hybridized carbons (Fsp3) is 0.833. The number of nitrogens with one attached hydrogen (secondary N) is 1. The van der Waals surface area contributed by atoms with Crippen LogP contribution in [0.1, 0.15) is 0 Å². The van der Waals surface area contributed by atoms with Crippen LogP contribution in [0.3, 0.4) is 0 Å². The van der Waals surface area contributed by atoms with E-state index in [0.29, 0.717) is 19.8 Å². The Morgan fingerprint density at radius 3 is 3.20 bits per heavy atom. The summed E-state index contributed by atoms with van der Waals surface area (Å²) >= 11 is 0. The maximum Gasteiger partial charge on any atom is 0.224 e. The molecule has 0 aliphatic carbocycles. The highest BCUT2D eigenvalue weighted by Crippen LogP contribution is 1.97. The summed E-state index contributed by atoms with van der Waals surface area (Å²) in [4.78, 5) is 10.6. The molecule has 0 aromatic carbocycles. The first-order valence-electron chi connectivity index (χ1n) is 3.38. The second-order valence-corrected chi connectivity index (χ2v) is 2.38. The highest BCUT2D eigenvalue weighted by molar-refractivity contribution is 5.77. The molecule has 4 nitrogen and oxygen atoms in total. The average Bonchev–Trinajstić information content (AvgIpc) is 2.12. The van der Waals surface area contributed by atoms with Crippen LogP contribution in [-0.4, -0.2) is 32.2 Å². The van der Waals surface area contributed by atoms with Gasteiger partial charge in [-0.15, -0.1) is 0 Å². The fourth-order valence-electron chi connectivity index (χ4n) is 0.888. The molecular formula is C6H12N2O2. The fourth-order valence-corrected chi connectivity index (χ4v) is 0.888. The van der Waals surface area contributed by atoms with Crippen LogP contribution in [0.4, 0.5) is 0 Å². The number of carbonyl (C=O) groups is 1. The molecule has 4 heteroatoms. The Labute approximate surface area is 59.7 Å². The normalized spacial score (nSPS) is 27.4. The first-order chi connectivity index (χ1) is 4.80. The van der Waals surface area contributed by atoms with Crippen molar-refractivity contribution in [1.29, 1.82) is 0 Å². The van der Waals surface area contributed by atoms with E-state index in [9.17, 15) is 4.79 Å². The molecule has 1 heterocycles. The van der Waals surface area contributed by atoms with E-state index < -0.39 is 0 Å². The van der Waals surface area contributed by atoms with E-state index in [1.165, 1.54) is 0 Å². The third kappa shape index (κ3) is 1.97. The van der Waals surface area contributed by atoms with Crippen molar-refractivity contribution in [2.75, 3.05) is 26.3 Å². The Hall–Kier alpha value is -0.610. The third-order valence-electron chi connectivity index (χ3n) is 1.54. The van der Waals surface area contributed by atoms with Crippen LogP contribution in [-0.2, 0) is 9.53 Å². The van der Waals surface area contributed by atoms with E-state index in [1.54, 1.807) is 0 Å². The molecule has 0 aromatic rings. The third-order valence-corrected chi connectivity index (χ3v) is 1.54. The first-order valence-corrected chi connectivity index (χ1v) is 3.38. The van der Waals surface area contributed by atoms with Crippen LogP contribution in [0.25, 0.3) is 0 Å². The van der Waals surface area contributed by atoms with Gasteiger partial charge in [0.1, 0.15) is 0 Å². The SMILES string of the molecule is NC(=O)[C@H]1CNCCOC1. The zero-order valence-corrected chi connectivity index (χ0v) is 5.80. The first kappa shape index (κ1) is 7.50. The minimum atomic E-state index is -0.283. The summed E-state index contributed by atoms with van der Waals surface area (Å²) in [6.07, 6.45) is 0. The lowest BCUT2D eigenvalue weighted by Gasteiger charge is -2.07. The van der Waals surface area contributed by atoms with E-state index in [4.69, 9.17) is 10.5 Å².